The molecule has 1 unspecified atom stereocenters. The zero-order chi connectivity index (χ0) is 12.1. The first kappa shape index (κ1) is 11.7. The highest BCUT2D eigenvalue weighted by Gasteiger charge is 2.05. The van der Waals surface area contributed by atoms with Crippen LogP contribution in [0.1, 0.15) is 26.1 Å². The second-order valence-corrected chi connectivity index (χ2v) is 4.02. The first-order chi connectivity index (χ1) is 8.29. The van der Waals surface area contributed by atoms with Gasteiger partial charge in [0, 0.05) is 18.4 Å². The minimum absolute atomic E-state index is 0.500. The average Bonchev–Trinajstić information content (AvgIpc) is 2.86. The lowest BCUT2D eigenvalue weighted by Crippen LogP contribution is -2.24. The Bertz CT molecular complexity index is 451. The van der Waals surface area contributed by atoms with Gasteiger partial charge in [0.2, 0.25) is 0 Å². The topological polar surface area (TPSA) is 66.5 Å². The average molecular weight is 231 g/mol. The fourth-order valence-electron chi connectivity index (χ4n) is 1.44. The molecule has 0 aliphatic carbocycles. The number of rotatable bonds is 5. The van der Waals surface area contributed by atoms with Crippen molar-refractivity contribution in [1.82, 2.24) is 25.3 Å². The number of H-pyrrole nitrogens is 1. The van der Waals surface area contributed by atoms with Gasteiger partial charge in [-0.05, 0) is 13.3 Å². The number of imidazole rings is 1. The molecule has 2 rings (SSSR count). The molecule has 5 nitrogen and oxygen atoms in total. The summed E-state index contributed by atoms with van der Waals surface area (Å²) in [4.78, 5) is 15.8. The Morgan fingerprint density at radius 2 is 2.18 bits per heavy atom. The van der Waals surface area contributed by atoms with Crippen LogP contribution in [0, 0.1) is 0 Å². The molecule has 0 spiro atoms. The van der Waals surface area contributed by atoms with E-state index >= 15 is 0 Å². The maximum atomic E-state index is 4.31. The molecule has 0 saturated heterocycles. The number of aromatic nitrogens is 4. The van der Waals surface area contributed by atoms with Crippen LogP contribution < -0.4 is 5.32 Å². The summed E-state index contributed by atoms with van der Waals surface area (Å²) in [5, 5.41) is 3.38. The summed E-state index contributed by atoms with van der Waals surface area (Å²) in [5.74, 6) is 0.922. The van der Waals surface area contributed by atoms with Gasteiger partial charge in [-0.2, -0.15) is 0 Å². The van der Waals surface area contributed by atoms with Gasteiger partial charge in [0.25, 0.3) is 0 Å². The number of hydrogen-bond acceptors (Lipinski definition) is 4. The monoisotopic (exact) mass is 231 g/mol. The van der Waals surface area contributed by atoms with E-state index < -0.39 is 0 Å². The molecule has 0 fully saturated rings. The third-order valence-corrected chi connectivity index (χ3v) is 2.70. The first-order valence-corrected chi connectivity index (χ1v) is 5.83. The highest BCUT2D eigenvalue weighted by atomic mass is 15.0. The molecular weight excluding hydrogens is 214 g/mol. The summed E-state index contributed by atoms with van der Waals surface area (Å²) in [6.45, 7) is 5.06. The SMILES string of the molecule is CCC(C)NCc1ncc(-c2cnccn2)[nH]1. The van der Waals surface area contributed by atoms with Crippen LogP contribution in [0.5, 0.6) is 0 Å². The van der Waals surface area contributed by atoms with Gasteiger partial charge in [-0.3, -0.25) is 9.97 Å². The molecule has 2 N–H and O–H groups in total. The highest BCUT2D eigenvalue weighted by Crippen LogP contribution is 2.11. The largest absolute Gasteiger partial charge is 0.340 e. The van der Waals surface area contributed by atoms with E-state index in [0.717, 1.165) is 30.2 Å². The third-order valence-electron chi connectivity index (χ3n) is 2.70. The zero-order valence-electron chi connectivity index (χ0n) is 10.1. The van der Waals surface area contributed by atoms with Crippen molar-refractivity contribution in [1.29, 1.82) is 0 Å². The molecule has 0 aromatic carbocycles. The number of nitrogens with zero attached hydrogens (tertiary/aromatic N) is 3. The molecule has 2 aromatic rings. The number of aromatic amines is 1. The normalized spacial score (nSPS) is 12.6. The standard InChI is InChI=1S/C12H17N5/c1-3-9(2)15-8-12-16-7-11(17-12)10-6-13-4-5-14-10/h4-7,9,15H,3,8H2,1-2H3,(H,16,17). The van der Waals surface area contributed by atoms with E-state index in [1.165, 1.54) is 0 Å². The van der Waals surface area contributed by atoms with E-state index in [4.69, 9.17) is 0 Å². The van der Waals surface area contributed by atoms with Crippen molar-refractivity contribution in [3.63, 3.8) is 0 Å². The molecule has 2 heterocycles. The maximum absolute atomic E-state index is 4.31. The van der Waals surface area contributed by atoms with Crippen molar-refractivity contribution in [2.24, 2.45) is 0 Å². The predicted octanol–water partition coefficient (Wildman–Crippen LogP) is 1.75. The smallest absolute Gasteiger partial charge is 0.120 e. The van der Waals surface area contributed by atoms with Crippen LogP contribution >= 0.6 is 0 Å². The van der Waals surface area contributed by atoms with Gasteiger partial charge >= 0.3 is 0 Å². The highest BCUT2D eigenvalue weighted by molar-refractivity contribution is 5.51. The Hall–Kier alpha value is -1.75. The van der Waals surface area contributed by atoms with Crippen molar-refractivity contribution >= 4 is 0 Å². The number of hydrogen-bond donors (Lipinski definition) is 2. The lowest BCUT2D eigenvalue weighted by molar-refractivity contribution is 0.525. The van der Waals surface area contributed by atoms with Crippen molar-refractivity contribution in [2.75, 3.05) is 0 Å². The summed E-state index contributed by atoms with van der Waals surface area (Å²) in [6, 6.07) is 0.500. The van der Waals surface area contributed by atoms with Crippen LogP contribution in [0.4, 0.5) is 0 Å². The Morgan fingerprint density at radius 1 is 1.29 bits per heavy atom. The Morgan fingerprint density at radius 3 is 2.88 bits per heavy atom. The van der Waals surface area contributed by atoms with Gasteiger partial charge in [-0.1, -0.05) is 6.92 Å². The van der Waals surface area contributed by atoms with Crippen molar-refractivity contribution < 1.29 is 0 Å². The second kappa shape index (κ2) is 5.54. The fourth-order valence-corrected chi connectivity index (χ4v) is 1.44. The van der Waals surface area contributed by atoms with Gasteiger partial charge in [-0.25, -0.2) is 4.98 Å². The number of nitrogens with one attached hydrogen (secondary N) is 2. The fraction of sp³-hybridized carbons (Fsp3) is 0.417. The molecule has 5 heteroatoms. The van der Waals surface area contributed by atoms with Gasteiger partial charge in [0.1, 0.15) is 11.5 Å². The van der Waals surface area contributed by atoms with Crippen LogP contribution in [-0.4, -0.2) is 26.0 Å². The van der Waals surface area contributed by atoms with Crippen LogP contribution in [0.3, 0.4) is 0 Å². The van der Waals surface area contributed by atoms with Gasteiger partial charge < -0.3 is 10.3 Å². The quantitative estimate of drug-likeness (QED) is 0.822. The summed E-state index contributed by atoms with van der Waals surface area (Å²) < 4.78 is 0. The van der Waals surface area contributed by atoms with E-state index in [0.29, 0.717) is 6.04 Å². The Labute approximate surface area is 101 Å². The zero-order valence-corrected chi connectivity index (χ0v) is 10.1. The van der Waals surface area contributed by atoms with Gasteiger partial charge in [0.15, 0.2) is 0 Å². The van der Waals surface area contributed by atoms with E-state index in [9.17, 15) is 0 Å². The minimum Gasteiger partial charge on any atom is -0.340 e. The van der Waals surface area contributed by atoms with Crippen molar-refractivity contribution in [3.05, 3.63) is 30.6 Å². The Balaban J connectivity index is 2.01. The molecule has 90 valence electrons. The molecule has 0 aliphatic heterocycles. The van der Waals surface area contributed by atoms with E-state index in [2.05, 4.69) is 39.1 Å². The summed E-state index contributed by atoms with van der Waals surface area (Å²) in [7, 11) is 0. The molecule has 1 atom stereocenters. The van der Waals surface area contributed by atoms with Crippen LogP contribution in [0.2, 0.25) is 0 Å². The Kier molecular flexibility index (Phi) is 3.82. The third kappa shape index (κ3) is 3.10. The van der Waals surface area contributed by atoms with Crippen LogP contribution in [0.15, 0.2) is 24.8 Å². The summed E-state index contributed by atoms with van der Waals surface area (Å²) >= 11 is 0. The molecule has 0 aliphatic rings. The molecule has 2 aromatic heterocycles. The predicted molar refractivity (Wildman–Crippen MR) is 66.2 cm³/mol. The first-order valence-electron chi connectivity index (χ1n) is 5.83. The second-order valence-electron chi connectivity index (χ2n) is 4.02. The molecule has 0 radical (unpaired) electrons. The molecule has 0 bridgehead atoms. The lowest BCUT2D eigenvalue weighted by atomic mass is 10.2. The van der Waals surface area contributed by atoms with E-state index in [-0.39, 0.29) is 0 Å². The molecule has 0 saturated carbocycles. The maximum Gasteiger partial charge on any atom is 0.120 e. The minimum atomic E-state index is 0.500. The molecule has 17 heavy (non-hydrogen) atoms. The summed E-state index contributed by atoms with van der Waals surface area (Å²) in [6.07, 6.45) is 7.95. The lowest BCUT2D eigenvalue weighted by Gasteiger charge is -2.08. The van der Waals surface area contributed by atoms with Gasteiger partial charge in [-0.15, -0.1) is 0 Å². The molecule has 0 amide bonds. The van der Waals surface area contributed by atoms with E-state index in [1.54, 1.807) is 24.8 Å². The van der Waals surface area contributed by atoms with Crippen LogP contribution in [-0.2, 0) is 6.54 Å². The van der Waals surface area contributed by atoms with E-state index in [1.807, 2.05) is 0 Å². The summed E-state index contributed by atoms with van der Waals surface area (Å²) in [5.41, 5.74) is 1.72. The van der Waals surface area contributed by atoms with Crippen molar-refractivity contribution in [2.45, 2.75) is 32.9 Å². The van der Waals surface area contributed by atoms with Gasteiger partial charge in [0.05, 0.1) is 24.6 Å². The van der Waals surface area contributed by atoms with Crippen molar-refractivity contribution in [3.8, 4) is 11.4 Å². The van der Waals surface area contributed by atoms with Crippen LogP contribution in [0.25, 0.3) is 11.4 Å². The molecular formula is C12H17N5.